The molecule has 110 valence electrons. The molecule has 0 unspecified atom stereocenters. The third-order valence-electron chi connectivity index (χ3n) is 4.79. The Bertz CT molecular complexity index is 671. The smallest absolute Gasteiger partial charge is 0.129 e. The second-order valence-corrected chi connectivity index (χ2v) is 7.50. The minimum atomic E-state index is -0.233. The first-order valence-corrected chi connectivity index (χ1v) is 8.49. The lowest BCUT2D eigenvalue weighted by Gasteiger charge is -2.34. The zero-order valence-electron chi connectivity index (χ0n) is 12.3. The molecule has 4 heteroatoms. The molecule has 0 bridgehead atoms. The molecule has 4 rings (SSSR count). The van der Waals surface area contributed by atoms with Crippen LogP contribution in [0.4, 0.5) is 0 Å². The number of hydrogen-bond acceptors (Lipinski definition) is 4. The molecular formula is C17H20N2OS. The Kier molecular flexibility index (Phi) is 3.05. The van der Waals surface area contributed by atoms with E-state index in [9.17, 15) is 0 Å². The summed E-state index contributed by atoms with van der Waals surface area (Å²) in [7, 11) is 0. The summed E-state index contributed by atoms with van der Waals surface area (Å²) in [6, 6.07) is 8.14. The fourth-order valence-corrected chi connectivity index (χ4v) is 4.44. The van der Waals surface area contributed by atoms with Gasteiger partial charge in [-0.25, -0.2) is 4.98 Å². The quantitative estimate of drug-likeness (QED) is 0.863. The number of aromatic nitrogens is 1. The van der Waals surface area contributed by atoms with Gasteiger partial charge in [-0.05, 0) is 43.7 Å². The Labute approximate surface area is 129 Å². The Balaban J connectivity index is 1.73. The summed E-state index contributed by atoms with van der Waals surface area (Å²) in [6.07, 6.45) is 4.49. The van der Waals surface area contributed by atoms with Gasteiger partial charge in [0.2, 0.25) is 0 Å². The highest BCUT2D eigenvalue weighted by molar-refractivity contribution is 7.12. The van der Waals surface area contributed by atoms with Crippen LogP contribution in [0.15, 0.2) is 24.3 Å². The third-order valence-corrected chi connectivity index (χ3v) is 6.04. The second-order valence-electron chi connectivity index (χ2n) is 6.41. The molecule has 1 aromatic carbocycles. The zero-order valence-corrected chi connectivity index (χ0v) is 13.1. The number of rotatable bonds is 1. The highest BCUT2D eigenvalue weighted by Crippen LogP contribution is 2.44. The van der Waals surface area contributed by atoms with E-state index in [0.29, 0.717) is 6.61 Å². The number of nitrogens with zero attached hydrogens (tertiary/aromatic N) is 1. The van der Waals surface area contributed by atoms with Crippen molar-refractivity contribution in [2.75, 3.05) is 0 Å². The van der Waals surface area contributed by atoms with E-state index < -0.39 is 0 Å². The Morgan fingerprint density at radius 2 is 2.05 bits per heavy atom. The fourth-order valence-electron chi connectivity index (χ4n) is 3.30. The summed E-state index contributed by atoms with van der Waals surface area (Å²) >= 11 is 1.74. The summed E-state index contributed by atoms with van der Waals surface area (Å²) in [5, 5.41) is 1.10. The van der Waals surface area contributed by atoms with Crippen molar-refractivity contribution >= 4 is 11.3 Å². The number of para-hydroxylation sites is 1. The lowest BCUT2D eigenvalue weighted by atomic mass is 9.78. The maximum Gasteiger partial charge on any atom is 0.129 e. The number of hydrogen-bond donors (Lipinski definition) is 1. The van der Waals surface area contributed by atoms with E-state index in [1.807, 2.05) is 18.2 Å². The van der Waals surface area contributed by atoms with Crippen molar-refractivity contribution < 1.29 is 4.74 Å². The van der Waals surface area contributed by atoms with Crippen molar-refractivity contribution in [3.63, 3.8) is 0 Å². The van der Waals surface area contributed by atoms with Crippen molar-refractivity contribution in [2.45, 2.75) is 44.8 Å². The van der Waals surface area contributed by atoms with Crippen molar-refractivity contribution in [1.82, 2.24) is 4.98 Å². The highest BCUT2D eigenvalue weighted by Gasteiger charge is 2.36. The van der Waals surface area contributed by atoms with Gasteiger partial charge in [0.05, 0.1) is 16.1 Å². The molecule has 2 N–H and O–H groups in total. The van der Waals surface area contributed by atoms with Gasteiger partial charge in [-0.3, -0.25) is 0 Å². The molecule has 2 aromatic rings. The number of benzene rings is 1. The summed E-state index contributed by atoms with van der Waals surface area (Å²) in [4.78, 5) is 6.14. The third kappa shape index (κ3) is 2.17. The van der Waals surface area contributed by atoms with Crippen molar-refractivity contribution in [3.05, 3.63) is 34.2 Å². The SMILES string of the molecule is CC1CCC(N)(c2nc3c(s2)COc2ccccc2-3)CC1. The van der Waals surface area contributed by atoms with Crippen LogP contribution in [0.1, 0.15) is 42.5 Å². The van der Waals surface area contributed by atoms with Crippen LogP contribution in [0.25, 0.3) is 11.3 Å². The van der Waals surface area contributed by atoms with Crippen LogP contribution in [0.5, 0.6) is 5.75 Å². The molecule has 1 saturated carbocycles. The minimum absolute atomic E-state index is 0.233. The molecular weight excluding hydrogens is 280 g/mol. The normalized spacial score (nSPS) is 27.6. The molecule has 2 heterocycles. The maximum absolute atomic E-state index is 6.68. The molecule has 2 aliphatic rings. The molecule has 0 spiro atoms. The van der Waals surface area contributed by atoms with E-state index >= 15 is 0 Å². The van der Waals surface area contributed by atoms with Gasteiger partial charge in [0.15, 0.2) is 0 Å². The highest BCUT2D eigenvalue weighted by atomic mass is 32.1. The lowest BCUT2D eigenvalue weighted by Crippen LogP contribution is -2.40. The summed E-state index contributed by atoms with van der Waals surface area (Å²) in [5.41, 5.74) is 8.64. The molecule has 1 fully saturated rings. The van der Waals surface area contributed by atoms with Crippen molar-refractivity contribution in [3.8, 4) is 17.0 Å². The van der Waals surface area contributed by atoms with Crippen molar-refractivity contribution in [1.29, 1.82) is 0 Å². The summed E-state index contributed by atoms with van der Waals surface area (Å²) in [6.45, 7) is 2.94. The average molecular weight is 300 g/mol. The van der Waals surface area contributed by atoms with Crippen LogP contribution in [0.3, 0.4) is 0 Å². The number of thiazole rings is 1. The summed E-state index contributed by atoms with van der Waals surface area (Å²) in [5.74, 6) is 1.73. The molecule has 1 aromatic heterocycles. The van der Waals surface area contributed by atoms with Crippen LogP contribution in [-0.4, -0.2) is 4.98 Å². The first-order chi connectivity index (χ1) is 10.2. The van der Waals surface area contributed by atoms with Crippen LogP contribution < -0.4 is 10.5 Å². The van der Waals surface area contributed by atoms with E-state index in [1.54, 1.807) is 11.3 Å². The van der Waals surface area contributed by atoms with Gasteiger partial charge >= 0.3 is 0 Å². The van der Waals surface area contributed by atoms with Gasteiger partial charge in [0.1, 0.15) is 17.4 Å². The van der Waals surface area contributed by atoms with Gasteiger partial charge in [-0.1, -0.05) is 19.1 Å². The van der Waals surface area contributed by atoms with Crippen LogP contribution in [0.2, 0.25) is 0 Å². The average Bonchev–Trinajstić information content (AvgIpc) is 2.96. The van der Waals surface area contributed by atoms with E-state index in [2.05, 4.69) is 13.0 Å². The molecule has 0 saturated heterocycles. The van der Waals surface area contributed by atoms with Gasteiger partial charge in [-0.2, -0.15) is 0 Å². The van der Waals surface area contributed by atoms with Crippen LogP contribution in [0, 0.1) is 5.92 Å². The van der Waals surface area contributed by atoms with Crippen LogP contribution in [-0.2, 0) is 12.1 Å². The second kappa shape index (κ2) is 4.82. The maximum atomic E-state index is 6.68. The molecule has 1 aliphatic carbocycles. The Hall–Kier alpha value is -1.39. The topological polar surface area (TPSA) is 48.1 Å². The fraction of sp³-hybridized carbons (Fsp3) is 0.471. The van der Waals surface area contributed by atoms with Gasteiger partial charge in [0.25, 0.3) is 0 Å². The zero-order chi connectivity index (χ0) is 14.4. The van der Waals surface area contributed by atoms with E-state index in [-0.39, 0.29) is 5.54 Å². The monoisotopic (exact) mass is 300 g/mol. The molecule has 1 aliphatic heterocycles. The van der Waals surface area contributed by atoms with E-state index in [0.717, 1.165) is 40.8 Å². The lowest BCUT2D eigenvalue weighted by molar-refractivity contribution is 0.247. The first-order valence-electron chi connectivity index (χ1n) is 7.67. The Morgan fingerprint density at radius 3 is 2.86 bits per heavy atom. The predicted molar refractivity (Wildman–Crippen MR) is 85.4 cm³/mol. The first kappa shape index (κ1) is 13.3. The molecule has 21 heavy (non-hydrogen) atoms. The molecule has 0 radical (unpaired) electrons. The summed E-state index contributed by atoms with van der Waals surface area (Å²) < 4.78 is 5.83. The number of fused-ring (bicyclic) bond motifs is 3. The molecule has 3 nitrogen and oxygen atoms in total. The minimum Gasteiger partial charge on any atom is -0.487 e. The van der Waals surface area contributed by atoms with E-state index in [4.69, 9.17) is 15.5 Å². The van der Waals surface area contributed by atoms with E-state index in [1.165, 1.54) is 17.7 Å². The predicted octanol–water partition coefficient (Wildman–Crippen LogP) is 4.07. The number of ether oxygens (including phenoxy) is 1. The Morgan fingerprint density at radius 1 is 1.29 bits per heavy atom. The molecule has 0 amide bonds. The number of nitrogens with two attached hydrogens (primary N) is 1. The van der Waals surface area contributed by atoms with Gasteiger partial charge in [0, 0.05) is 5.56 Å². The van der Waals surface area contributed by atoms with Gasteiger partial charge in [-0.15, -0.1) is 11.3 Å². The largest absolute Gasteiger partial charge is 0.487 e. The standard InChI is InChI=1S/C17H20N2OS/c1-11-6-8-17(18,9-7-11)16-19-15-12-4-2-3-5-13(12)20-10-14(15)21-16/h2-5,11H,6-10,18H2,1H3. The van der Waals surface area contributed by atoms with Crippen molar-refractivity contribution in [2.24, 2.45) is 11.7 Å². The molecule has 0 atom stereocenters. The van der Waals surface area contributed by atoms with Gasteiger partial charge < -0.3 is 10.5 Å². The van der Waals surface area contributed by atoms with Crippen LogP contribution >= 0.6 is 11.3 Å².